The molecule has 1 unspecified atom stereocenters. The van der Waals surface area contributed by atoms with Crippen molar-refractivity contribution in [1.29, 1.82) is 0 Å². The van der Waals surface area contributed by atoms with E-state index in [2.05, 4.69) is 5.32 Å². The number of hydrogen-bond acceptors (Lipinski definition) is 5. The van der Waals surface area contributed by atoms with Gasteiger partial charge in [0, 0.05) is 18.2 Å². The zero-order valence-electron chi connectivity index (χ0n) is 14.2. The molecule has 1 aromatic heterocycles. The first-order valence-electron chi connectivity index (χ1n) is 8.40. The number of benzene rings is 2. The maximum absolute atomic E-state index is 12.3. The van der Waals surface area contributed by atoms with Crippen molar-refractivity contribution in [2.24, 2.45) is 0 Å². The summed E-state index contributed by atoms with van der Waals surface area (Å²) in [4.78, 5) is 24.2. The number of para-hydroxylation sites is 1. The number of fused-ring (bicyclic) bond motifs is 2. The van der Waals surface area contributed by atoms with E-state index in [9.17, 15) is 9.59 Å². The smallest absolute Gasteiger partial charge is 0.264 e. The normalized spacial score (nSPS) is 15.7. The van der Waals surface area contributed by atoms with Gasteiger partial charge in [-0.05, 0) is 37.3 Å². The molecule has 0 spiro atoms. The minimum absolute atomic E-state index is 0.104. The van der Waals surface area contributed by atoms with Crippen LogP contribution in [0.1, 0.15) is 6.92 Å². The van der Waals surface area contributed by atoms with E-state index in [0.717, 1.165) is 0 Å². The maximum Gasteiger partial charge on any atom is 0.264 e. The zero-order valence-corrected chi connectivity index (χ0v) is 14.2. The zero-order chi connectivity index (χ0) is 18.1. The van der Waals surface area contributed by atoms with Crippen molar-refractivity contribution in [2.75, 3.05) is 13.2 Å². The molecule has 1 N–H and O–H groups in total. The largest absolute Gasteiger partial charge is 0.485 e. The minimum atomic E-state index is -0.674. The van der Waals surface area contributed by atoms with Gasteiger partial charge in [-0.15, -0.1) is 0 Å². The highest BCUT2D eigenvalue weighted by Crippen LogP contribution is 2.36. The Labute approximate surface area is 149 Å². The van der Waals surface area contributed by atoms with Crippen molar-refractivity contribution in [2.45, 2.75) is 13.0 Å². The maximum atomic E-state index is 12.3. The van der Waals surface area contributed by atoms with Crippen molar-refractivity contribution < 1.29 is 18.7 Å². The van der Waals surface area contributed by atoms with Gasteiger partial charge in [-0.3, -0.25) is 9.59 Å². The highest BCUT2D eigenvalue weighted by molar-refractivity contribution is 5.82. The van der Waals surface area contributed by atoms with Crippen molar-refractivity contribution in [1.82, 2.24) is 5.32 Å². The molecule has 0 radical (unpaired) electrons. The van der Waals surface area contributed by atoms with Crippen LogP contribution in [0.2, 0.25) is 0 Å². The fraction of sp³-hybridized carbons (Fsp3) is 0.200. The Morgan fingerprint density at radius 2 is 2.00 bits per heavy atom. The molecule has 2 heterocycles. The van der Waals surface area contributed by atoms with Crippen molar-refractivity contribution in [3.63, 3.8) is 0 Å². The summed E-state index contributed by atoms with van der Waals surface area (Å²) >= 11 is 0. The van der Waals surface area contributed by atoms with Crippen molar-refractivity contribution in [3.8, 4) is 22.8 Å². The molecule has 132 valence electrons. The van der Waals surface area contributed by atoms with Crippen LogP contribution in [0.25, 0.3) is 22.3 Å². The summed E-state index contributed by atoms with van der Waals surface area (Å²) in [6.07, 6.45) is -0.674. The summed E-state index contributed by atoms with van der Waals surface area (Å²) in [5.74, 6) is 1.24. The molecule has 0 aliphatic carbocycles. The van der Waals surface area contributed by atoms with Crippen molar-refractivity contribution in [3.05, 3.63) is 58.8 Å². The van der Waals surface area contributed by atoms with Crippen LogP contribution in [-0.2, 0) is 4.79 Å². The molecular formula is C20H17NO5. The van der Waals surface area contributed by atoms with E-state index in [4.69, 9.17) is 13.9 Å². The molecule has 3 aromatic rings. The molecule has 0 fully saturated rings. The first kappa shape index (κ1) is 16.2. The second-order valence-corrected chi connectivity index (χ2v) is 5.94. The summed E-state index contributed by atoms with van der Waals surface area (Å²) in [7, 11) is 0. The Morgan fingerprint density at radius 1 is 1.15 bits per heavy atom. The lowest BCUT2D eigenvalue weighted by Gasteiger charge is -2.25. The first-order chi connectivity index (χ1) is 12.7. The fourth-order valence-electron chi connectivity index (χ4n) is 2.89. The lowest BCUT2D eigenvalue weighted by molar-refractivity contribution is -0.130. The predicted octanol–water partition coefficient (Wildman–Crippen LogP) is 2.74. The Bertz CT molecular complexity index is 1040. The summed E-state index contributed by atoms with van der Waals surface area (Å²) in [5, 5.41) is 3.25. The molecule has 0 saturated heterocycles. The van der Waals surface area contributed by atoms with Gasteiger partial charge in [-0.2, -0.15) is 0 Å². The number of rotatable bonds is 3. The number of amides is 1. The van der Waals surface area contributed by atoms with Crippen LogP contribution in [-0.4, -0.2) is 25.2 Å². The molecule has 1 aliphatic rings. The Kier molecular flexibility index (Phi) is 4.08. The van der Waals surface area contributed by atoms with E-state index in [1.54, 1.807) is 36.4 Å². The molecular weight excluding hydrogens is 334 g/mol. The number of likely N-dealkylation sites (N-methyl/N-ethyl adjacent to an activating group) is 1. The molecule has 1 amide bonds. The van der Waals surface area contributed by atoms with E-state index >= 15 is 0 Å². The van der Waals surface area contributed by atoms with E-state index in [-0.39, 0.29) is 17.9 Å². The Balaban J connectivity index is 1.67. The lowest BCUT2D eigenvalue weighted by atomic mass is 10.1. The van der Waals surface area contributed by atoms with E-state index in [1.807, 2.05) is 13.0 Å². The summed E-state index contributed by atoms with van der Waals surface area (Å²) in [6, 6.07) is 13.8. The SMILES string of the molecule is CCNC(=O)C1COc2cc(-c3cc(=O)c4ccccc4o3)ccc2O1. The molecule has 2 aromatic carbocycles. The number of nitrogens with one attached hydrogen (secondary N) is 1. The standard InChI is InChI=1S/C20H17NO5/c1-2-21-20(23)19-11-24-18-9-12(7-8-16(18)26-19)17-10-14(22)13-5-3-4-6-15(13)25-17/h3-10,19H,2,11H2,1H3,(H,21,23). The minimum Gasteiger partial charge on any atom is -0.485 e. The average molecular weight is 351 g/mol. The van der Waals surface area contributed by atoms with Crippen LogP contribution in [0.3, 0.4) is 0 Å². The molecule has 1 aliphatic heterocycles. The molecule has 26 heavy (non-hydrogen) atoms. The third-order valence-corrected chi connectivity index (χ3v) is 4.17. The molecule has 6 heteroatoms. The van der Waals surface area contributed by atoms with Crippen LogP contribution in [0, 0.1) is 0 Å². The van der Waals surface area contributed by atoms with Crippen LogP contribution in [0.15, 0.2) is 57.7 Å². The van der Waals surface area contributed by atoms with E-state index in [1.165, 1.54) is 6.07 Å². The third kappa shape index (κ3) is 2.90. The molecule has 1 atom stereocenters. The number of carbonyl (C=O) groups is 1. The highest BCUT2D eigenvalue weighted by Gasteiger charge is 2.27. The number of carbonyl (C=O) groups excluding carboxylic acids is 1. The topological polar surface area (TPSA) is 77.8 Å². The monoisotopic (exact) mass is 351 g/mol. The van der Waals surface area contributed by atoms with Gasteiger partial charge in [0.05, 0.1) is 5.39 Å². The fourth-order valence-corrected chi connectivity index (χ4v) is 2.89. The summed E-state index contributed by atoms with van der Waals surface area (Å²) in [5.41, 5.74) is 1.13. The quantitative estimate of drug-likeness (QED) is 0.785. The highest BCUT2D eigenvalue weighted by atomic mass is 16.6. The van der Waals surface area contributed by atoms with Crippen LogP contribution >= 0.6 is 0 Å². The van der Waals surface area contributed by atoms with E-state index in [0.29, 0.717) is 40.3 Å². The van der Waals surface area contributed by atoms with Gasteiger partial charge in [0.15, 0.2) is 16.9 Å². The van der Waals surface area contributed by atoms with Gasteiger partial charge in [-0.1, -0.05) is 12.1 Å². The second kappa shape index (κ2) is 6.55. The van der Waals surface area contributed by atoms with Crippen LogP contribution in [0.5, 0.6) is 11.5 Å². The lowest BCUT2D eigenvalue weighted by Crippen LogP contribution is -2.43. The predicted molar refractivity (Wildman–Crippen MR) is 96.5 cm³/mol. The Morgan fingerprint density at radius 3 is 2.85 bits per heavy atom. The van der Waals surface area contributed by atoms with Gasteiger partial charge in [0.2, 0.25) is 6.10 Å². The van der Waals surface area contributed by atoms with Gasteiger partial charge in [0.25, 0.3) is 5.91 Å². The van der Waals surface area contributed by atoms with Gasteiger partial charge in [0.1, 0.15) is 18.0 Å². The Hall–Kier alpha value is -3.28. The van der Waals surface area contributed by atoms with Crippen LogP contribution < -0.4 is 20.2 Å². The van der Waals surface area contributed by atoms with Crippen molar-refractivity contribution >= 4 is 16.9 Å². The number of ether oxygens (including phenoxy) is 2. The molecule has 0 bridgehead atoms. The van der Waals surface area contributed by atoms with Gasteiger partial charge in [-0.25, -0.2) is 0 Å². The van der Waals surface area contributed by atoms with Gasteiger partial charge >= 0.3 is 0 Å². The van der Waals surface area contributed by atoms with Crippen LogP contribution in [0.4, 0.5) is 0 Å². The van der Waals surface area contributed by atoms with E-state index < -0.39 is 6.10 Å². The second-order valence-electron chi connectivity index (χ2n) is 5.94. The first-order valence-corrected chi connectivity index (χ1v) is 8.40. The average Bonchev–Trinajstić information content (AvgIpc) is 2.67. The number of hydrogen-bond donors (Lipinski definition) is 1. The van der Waals surface area contributed by atoms with Gasteiger partial charge < -0.3 is 19.2 Å². The summed E-state index contributed by atoms with van der Waals surface area (Å²) < 4.78 is 17.2. The molecule has 6 nitrogen and oxygen atoms in total. The summed E-state index contributed by atoms with van der Waals surface area (Å²) in [6.45, 7) is 2.51. The molecule has 4 rings (SSSR count). The molecule has 0 saturated carbocycles. The third-order valence-electron chi connectivity index (χ3n) is 4.17.